The van der Waals surface area contributed by atoms with Crippen LogP contribution in [-0.2, 0) is 17.8 Å². The molecular formula is C13H12N4O2S2. The van der Waals surface area contributed by atoms with Crippen LogP contribution in [0, 0.1) is 0 Å². The normalized spacial score (nSPS) is 10.9. The third-order valence-electron chi connectivity index (χ3n) is 2.93. The van der Waals surface area contributed by atoms with Crippen molar-refractivity contribution < 1.29 is 4.79 Å². The number of carbonyl (C=O) groups excluding carboxylic acids is 1. The van der Waals surface area contributed by atoms with Crippen LogP contribution in [0.3, 0.4) is 0 Å². The molecule has 3 heterocycles. The number of nitrogens with one attached hydrogen (secondary N) is 1. The molecule has 0 saturated heterocycles. The zero-order chi connectivity index (χ0) is 14.8. The van der Waals surface area contributed by atoms with Crippen LogP contribution in [0.5, 0.6) is 0 Å². The van der Waals surface area contributed by atoms with Gasteiger partial charge in [-0.3, -0.25) is 14.2 Å². The van der Waals surface area contributed by atoms with Gasteiger partial charge in [0.05, 0.1) is 17.2 Å². The molecule has 3 aromatic rings. The van der Waals surface area contributed by atoms with E-state index in [4.69, 9.17) is 0 Å². The molecule has 0 spiro atoms. The molecule has 21 heavy (non-hydrogen) atoms. The number of anilines is 1. The highest BCUT2D eigenvalue weighted by atomic mass is 32.1. The molecule has 1 N–H and O–H groups in total. The summed E-state index contributed by atoms with van der Waals surface area (Å²) >= 11 is 2.90. The van der Waals surface area contributed by atoms with Crippen LogP contribution in [0.25, 0.3) is 10.2 Å². The van der Waals surface area contributed by atoms with Gasteiger partial charge in [-0.25, -0.2) is 9.97 Å². The minimum absolute atomic E-state index is 0.0728. The fourth-order valence-electron chi connectivity index (χ4n) is 1.91. The van der Waals surface area contributed by atoms with E-state index >= 15 is 0 Å². The SMILES string of the molecule is CCc1cc2c(=O)n(CC(=O)Nc3cscn3)cnc2s1. The van der Waals surface area contributed by atoms with Crippen molar-refractivity contribution in [2.24, 2.45) is 0 Å². The smallest absolute Gasteiger partial charge is 0.262 e. The van der Waals surface area contributed by atoms with Crippen molar-refractivity contribution in [1.29, 1.82) is 0 Å². The second kappa shape index (κ2) is 5.74. The van der Waals surface area contributed by atoms with Gasteiger partial charge >= 0.3 is 0 Å². The average molecular weight is 320 g/mol. The van der Waals surface area contributed by atoms with Crippen molar-refractivity contribution >= 4 is 44.6 Å². The van der Waals surface area contributed by atoms with Gasteiger partial charge in [-0.2, -0.15) is 0 Å². The van der Waals surface area contributed by atoms with E-state index in [-0.39, 0.29) is 18.0 Å². The maximum atomic E-state index is 12.3. The molecule has 0 saturated carbocycles. The monoisotopic (exact) mass is 320 g/mol. The Morgan fingerprint density at radius 2 is 2.29 bits per heavy atom. The summed E-state index contributed by atoms with van der Waals surface area (Å²) in [6, 6.07) is 1.85. The van der Waals surface area contributed by atoms with Gasteiger partial charge in [0.1, 0.15) is 17.2 Å². The minimum atomic E-state index is -0.296. The zero-order valence-corrected chi connectivity index (χ0v) is 12.8. The number of rotatable bonds is 4. The van der Waals surface area contributed by atoms with E-state index in [2.05, 4.69) is 15.3 Å². The third-order valence-corrected chi connectivity index (χ3v) is 4.71. The Morgan fingerprint density at radius 1 is 1.43 bits per heavy atom. The summed E-state index contributed by atoms with van der Waals surface area (Å²) in [5.41, 5.74) is 1.44. The number of aromatic nitrogens is 3. The van der Waals surface area contributed by atoms with E-state index in [1.165, 1.54) is 33.6 Å². The Labute approximate surface area is 128 Å². The molecule has 0 aliphatic carbocycles. The van der Waals surface area contributed by atoms with Crippen LogP contribution in [-0.4, -0.2) is 20.4 Å². The number of thiophene rings is 1. The number of hydrogen-bond donors (Lipinski definition) is 1. The fourth-order valence-corrected chi connectivity index (χ4v) is 3.32. The van der Waals surface area contributed by atoms with Gasteiger partial charge in [0.25, 0.3) is 5.56 Å². The molecule has 0 bridgehead atoms. The van der Waals surface area contributed by atoms with Gasteiger partial charge in [0, 0.05) is 10.3 Å². The fraction of sp³-hybridized carbons (Fsp3) is 0.231. The summed E-state index contributed by atoms with van der Waals surface area (Å²) in [7, 11) is 0. The number of nitrogens with zero attached hydrogens (tertiary/aromatic N) is 3. The average Bonchev–Trinajstić information content (AvgIpc) is 3.11. The number of amides is 1. The van der Waals surface area contributed by atoms with Crippen molar-refractivity contribution in [1.82, 2.24) is 14.5 Å². The van der Waals surface area contributed by atoms with Gasteiger partial charge in [-0.1, -0.05) is 6.92 Å². The molecule has 3 aromatic heterocycles. The Bertz CT molecular complexity index is 836. The molecule has 0 atom stereocenters. The lowest BCUT2D eigenvalue weighted by Crippen LogP contribution is -2.27. The highest BCUT2D eigenvalue weighted by molar-refractivity contribution is 7.18. The number of hydrogen-bond acceptors (Lipinski definition) is 6. The minimum Gasteiger partial charge on any atom is -0.308 e. The highest BCUT2D eigenvalue weighted by Gasteiger charge is 2.11. The second-order valence-electron chi connectivity index (χ2n) is 4.38. The van der Waals surface area contributed by atoms with Crippen LogP contribution in [0.15, 0.2) is 28.1 Å². The molecule has 1 amide bonds. The van der Waals surface area contributed by atoms with Crippen molar-refractivity contribution in [3.05, 3.63) is 38.5 Å². The molecule has 0 unspecified atom stereocenters. The predicted molar refractivity (Wildman–Crippen MR) is 84.0 cm³/mol. The zero-order valence-electron chi connectivity index (χ0n) is 11.2. The molecule has 0 fully saturated rings. The highest BCUT2D eigenvalue weighted by Crippen LogP contribution is 2.20. The largest absolute Gasteiger partial charge is 0.308 e. The first-order valence-electron chi connectivity index (χ1n) is 6.33. The Morgan fingerprint density at radius 3 is 3.00 bits per heavy atom. The summed E-state index contributed by atoms with van der Waals surface area (Å²) in [4.78, 5) is 34.3. The quantitative estimate of drug-likeness (QED) is 0.799. The Balaban J connectivity index is 1.85. The summed E-state index contributed by atoms with van der Waals surface area (Å²) in [6.07, 6.45) is 2.28. The molecule has 8 heteroatoms. The first-order chi connectivity index (χ1) is 10.2. The molecule has 0 radical (unpaired) electrons. The molecule has 3 rings (SSSR count). The van der Waals surface area contributed by atoms with Gasteiger partial charge < -0.3 is 5.32 Å². The molecule has 0 aliphatic heterocycles. The van der Waals surface area contributed by atoms with E-state index in [0.717, 1.165) is 11.3 Å². The van der Waals surface area contributed by atoms with Crippen LogP contribution >= 0.6 is 22.7 Å². The summed E-state index contributed by atoms with van der Waals surface area (Å²) < 4.78 is 1.32. The number of aryl methyl sites for hydroxylation is 1. The van der Waals surface area contributed by atoms with E-state index in [1.807, 2.05) is 13.0 Å². The number of thiazole rings is 1. The van der Waals surface area contributed by atoms with Gasteiger partial charge in [-0.05, 0) is 12.5 Å². The number of carbonyl (C=O) groups is 1. The molecule has 0 aromatic carbocycles. The molecule has 108 valence electrons. The van der Waals surface area contributed by atoms with Crippen LogP contribution in [0.4, 0.5) is 5.82 Å². The van der Waals surface area contributed by atoms with Crippen molar-refractivity contribution in [3.8, 4) is 0 Å². The van der Waals surface area contributed by atoms with E-state index < -0.39 is 0 Å². The van der Waals surface area contributed by atoms with E-state index in [0.29, 0.717) is 16.0 Å². The van der Waals surface area contributed by atoms with Crippen LogP contribution < -0.4 is 10.9 Å². The standard InChI is InChI=1S/C13H12N4O2S2/c1-2-8-3-9-12(21-8)14-6-17(13(9)19)4-11(18)16-10-5-20-7-15-10/h3,5-7H,2,4H2,1H3,(H,16,18). The molecule has 6 nitrogen and oxygen atoms in total. The van der Waals surface area contributed by atoms with E-state index in [1.54, 1.807) is 10.9 Å². The lowest BCUT2D eigenvalue weighted by molar-refractivity contribution is -0.116. The lowest BCUT2D eigenvalue weighted by atomic mass is 10.3. The third kappa shape index (κ3) is 2.86. The predicted octanol–water partition coefficient (Wildman–Crippen LogP) is 2.12. The Kier molecular flexibility index (Phi) is 3.80. The first-order valence-corrected chi connectivity index (χ1v) is 8.09. The van der Waals surface area contributed by atoms with Crippen LogP contribution in [0.2, 0.25) is 0 Å². The lowest BCUT2D eigenvalue weighted by Gasteiger charge is -2.04. The van der Waals surface area contributed by atoms with Gasteiger partial charge in [0.2, 0.25) is 5.91 Å². The van der Waals surface area contributed by atoms with Crippen molar-refractivity contribution in [2.75, 3.05) is 5.32 Å². The van der Waals surface area contributed by atoms with Gasteiger partial charge in [-0.15, -0.1) is 22.7 Å². The van der Waals surface area contributed by atoms with Crippen LogP contribution in [0.1, 0.15) is 11.8 Å². The summed E-state index contributed by atoms with van der Waals surface area (Å²) in [6.45, 7) is 1.96. The Hall–Kier alpha value is -2.06. The van der Waals surface area contributed by atoms with Crippen molar-refractivity contribution in [3.63, 3.8) is 0 Å². The topological polar surface area (TPSA) is 76.9 Å². The second-order valence-corrected chi connectivity index (χ2v) is 6.22. The summed E-state index contributed by atoms with van der Waals surface area (Å²) in [5.74, 6) is 0.200. The first kappa shape index (κ1) is 13.9. The molecular weight excluding hydrogens is 308 g/mol. The van der Waals surface area contributed by atoms with E-state index in [9.17, 15) is 9.59 Å². The maximum absolute atomic E-state index is 12.3. The maximum Gasteiger partial charge on any atom is 0.262 e. The number of fused-ring (bicyclic) bond motifs is 1. The van der Waals surface area contributed by atoms with Crippen molar-refractivity contribution in [2.45, 2.75) is 19.9 Å². The molecule has 0 aliphatic rings. The van der Waals surface area contributed by atoms with Gasteiger partial charge in [0.15, 0.2) is 0 Å². The summed E-state index contributed by atoms with van der Waals surface area (Å²) in [5, 5.41) is 4.94.